The molecule has 2 heterocycles. The highest BCUT2D eigenvalue weighted by atomic mass is 16.5. The van der Waals surface area contributed by atoms with Crippen LogP contribution < -0.4 is 4.74 Å². The van der Waals surface area contributed by atoms with Crippen molar-refractivity contribution >= 4 is 5.97 Å². The van der Waals surface area contributed by atoms with Gasteiger partial charge in [0.2, 0.25) is 0 Å². The zero-order valence-corrected chi connectivity index (χ0v) is 6.94. The van der Waals surface area contributed by atoms with Gasteiger partial charge in [-0.3, -0.25) is 4.98 Å². The third-order valence-electron chi connectivity index (χ3n) is 1.87. The van der Waals surface area contributed by atoms with Crippen LogP contribution in [-0.4, -0.2) is 11.0 Å². The first-order valence-electron chi connectivity index (χ1n) is 3.81. The van der Waals surface area contributed by atoms with E-state index in [0.717, 1.165) is 5.69 Å². The van der Waals surface area contributed by atoms with Crippen LogP contribution in [0.2, 0.25) is 0 Å². The molecular formula is C9H6N2O2. The van der Waals surface area contributed by atoms with Crippen molar-refractivity contribution in [3.8, 4) is 11.8 Å². The van der Waals surface area contributed by atoms with Crippen molar-refractivity contribution in [2.75, 3.05) is 0 Å². The fraction of sp³-hybridized carbons (Fsp3) is 0.222. The summed E-state index contributed by atoms with van der Waals surface area (Å²) in [7, 11) is 0. The molecule has 0 amide bonds. The number of rotatable bonds is 0. The van der Waals surface area contributed by atoms with E-state index >= 15 is 0 Å². The summed E-state index contributed by atoms with van der Waals surface area (Å²) in [5, 5.41) is 8.68. The number of aryl methyl sites for hydroxylation is 1. The minimum absolute atomic E-state index is 0.405. The Labute approximate surface area is 74.8 Å². The Morgan fingerprint density at radius 1 is 1.62 bits per heavy atom. The topological polar surface area (TPSA) is 63.0 Å². The Balaban J connectivity index is 2.58. The number of aromatic nitrogens is 1. The maximum absolute atomic E-state index is 11.1. The molecule has 4 heteroatoms. The Bertz CT molecular complexity index is 420. The highest BCUT2D eigenvalue weighted by molar-refractivity contribution is 5.87. The van der Waals surface area contributed by atoms with Crippen LogP contribution in [0.4, 0.5) is 0 Å². The predicted octanol–water partition coefficient (Wildman–Crippen LogP) is 0.916. The van der Waals surface area contributed by atoms with Gasteiger partial charge in [-0.2, -0.15) is 5.26 Å². The normalized spacial score (nSPS) is 19.1. The lowest BCUT2D eigenvalue weighted by Crippen LogP contribution is -2.08. The molecule has 0 saturated heterocycles. The molecule has 4 nitrogen and oxygen atoms in total. The van der Waals surface area contributed by atoms with E-state index in [1.54, 1.807) is 19.1 Å². The van der Waals surface area contributed by atoms with Gasteiger partial charge in [0.05, 0.1) is 6.07 Å². The third kappa shape index (κ3) is 1.05. The fourth-order valence-corrected chi connectivity index (χ4v) is 1.25. The van der Waals surface area contributed by atoms with Gasteiger partial charge in [0.25, 0.3) is 0 Å². The summed E-state index contributed by atoms with van der Waals surface area (Å²) in [6, 6.07) is 5.26. The van der Waals surface area contributed by atoms with E-state index in [9.17, 15) is 4.79 Å². The summed E-state index contributed by atoms with van der Waals surface area (Å²) < 4.78 is 4.84. The van der Waals surface area contributed by atoms with Crippen LogP contribution in [0.1, 0.15) is 17.3 Å². The van der Waals surface area contributed by atoms with Crippen molar-refractivity contribution in [3.05, 3.63) is 23.5 Å². The van der Waals surface area contributed by atoms with Crippen molar-refractivity contribution in [1.82, 2.24) is 4.98 Å². The van der Waals surface area contributed by atoms with E-state index in [2.05, 4.69) is 4.98 Å². The minimum atomic E-state index is -0.852. The van der Waals surface area contributed by atoms with Gasteiger partial charge in [0.1, 0.15) is 5.69 Å². The molecule has 64 valence electrons. The predicted molar refractivity (Wildman–Crippen MR) is 43.0 cm³/mol. The number of carbonyl (C=O) groups is 1. The molecule has 1 aliphatic rings. The van der Waals surface area contributed by atoms with Crippen molar-refractivity contribution in [2.24, 2.45) is 0 Å². The number of hydrogen-bond donors (Lipinski definition) is 0. The zero-order chi connectivity index (χ0) is 9.42. The Hall–Kier alpha value is -1.89. The maximum Gasteiger partial charge on any atom is 0.335 e. The van der Waals surface area contributed by atoms with Gasteiger partial charge >= 0.3 is 5.97 Å². The van der Waals surface area contributed by atoms with Crippen LogP contribution in [0.3, 0.4) is 0 Å². The molecule has 0 saturated carbocycles. The van der Waals surface area contributed by atoms with E-state index in [0.29, 0.717) is 11.4 Å². The van der Waals surface area contributed by atoms with Crippen LogP contribution in [0.5, 0.6) is 5.75 Å². The molecule has 2 rings (SSSR count). The van der Waals surface area contributed by atoms with Gasteiger partial charge in [-0.05, 0) is 19.1 Å². The average molecular weight is 174 g/mol. The van der Waals surface area contributed by atoms with Crippen LogP contribution in [0.15, 0.2) is 12.1 Å². The van der Waals surface area contributed by atoms with Crippen LogP contribution in [0, 0.1) is 18.3 Å². The minimum Gasteiger partial charge on any atom is -0.423 e. The smallest absolute Gasteiger partial charge is 0.335 e. The number of fused-ring (bicyclic) bond motifs is 1. The van der Waals surface area contributed by atoms with E-state index < -0.39 is 11.9 Å². The first-order valence-corrected chi connectivity index (χ1v) is 3.81. The van der Waals surface area contributed by atoms with Crippen molar-refractivity contribution in [3.63, 3.8) is 0 Å². The molecule has 0 N–H and O–H groups in total. The van der Waals surface area contributed by atoms with E-state index in [1.165, 1.54) is 0 Å². The molecule has 1 atom stereocenters. The van der Waals surface area contributed by atoms with Crippen molar-refractivity contribution < 1.29 is 9.53 Å². The fourth-order valence-electron chi connectivity index (χ4n) is 1.25. The first-order chi connectivity index (χ1) is 6.22. The first kappa shape index (κ1) is 7.74. The number of nitrogens with zero attached hydrogens (tertiary/aromatic N) is 2. The number of esters is 1. The van der Waals surface area contributed by atoms with Gasteiger partial charge in [-0.15, -0.1) is 0 Å². The lowest BCUT2D eigenvalue weighted by atomic mass is 10.1. The highest BCUT2D eigenvalue weighted by Gasteiger charge is 2.34. The van der Waals surface area contributed by atoms with Crippen molar-refractivity contribution in [1.29, 1.82) is 5.26 Å². The number of pyridine rings is 1. The molecule has 0 bridgehead atoms. The molecular weight excluding hydrogens is 168 g/mol. The molecule has 1 unspecified atom stereocenters. The van der Waals surface area contributed by atoms with Crippen molar-refractivity contribution in [2.45, 2.75) is 12.8 Å². The Kier molecular flexibility index (Phi) is 1.52. The SMILES string of the molecule is Cc1ccc2c(n1)C(C#N)C(=O)O2. The molecule has 0 spiro atoms. The second-order valence-electron chi connectivity index (χ2n) is 2.82. The third-order valence-corrected chi connectivity index (χ3v) is 1.87. The molecule has 1 aliphatic heterocycles. The van der Waals surface area contributed by atoms with Gasteiger partial charge in [-0.25, -0.2) is 4.79 Å². The van der Waals surface area contributed by atoms with Crippen LogP contribution in [-0.2, 0) is 4.79 Å². The zero-order valence-electron chi connectivity index (χ0n) is 6.94. The van der Waals surface area contributed by atoms with Gasteiger partial charge in [-0.1, -0.05) is 0 Å². The lowest BCUT2D eigenvalue weighted by molar-refractivity contribution is -0.132. The monoisotopic (exact) mass is 174 g/mol. The molecule has 0 radical (unpaired) electrons. The van der Waals surface area contributed by atoms with E-state index in [-0.39, 0.29) is 0 Å². The van der Waals surface area contributed by atoms with Crippen LogP contribution in [0.25, 0.3) is 0 Å². The largest absolute Gasteiger partial charge is 0.423 e. The molecule has 0 aromatic carbocycles. The second-order valence-corrected chi connectivity index (χ2v) is 2.82. The average Bonchev–Trinajstić information content (AvgIpc) is 2.40. The Morgan fingerprint density at radius 2 is 2.38 bits per heavy atom. The van der Waals surface area contributed by atoms with Crippen LogP contribution >= 0.6 is 0 Å². The summed E-state index contributed by atoms with van der Waals surface area (Å²) in [6.45, 7) is 1.80. The summed E-state index contributed by atoms with van der Waals surface area (Å²) >= 11 is 0. The number of nitriles is 1. The molecule has 0 fully saturated rings. The lowest BCUT2D eigenvalue weighted by Gasteiger charge is -1.96. The number of hydrogen-bond acceptors (Lipinski definition) is 4. The summed E-state index contributed by atoms with van der Waals surface area (Å²) in [5.41, 5.74) is 1.21. The summed E-state index contributed by atoms with van der Waals surface area (Å²) in [6.07, 6.45) is 0. The highest BCUT2D eigenvalue weighted by Crippen LogP contribution is 2.32. The number of ether oxygens (including phenoxy) is 1. The standard InChI is InChI=1S/C9H6N2O2/c1-5-2-3-7-8(11-5)6(4-10)9(12)13-7/h2-3,6H,1H3. The van der Waals surface area contributed by atoms with Gasteiger partial charge < -0.3 is 4.74 Å². The summed E-state index contributed by atoms with van der Waals surface area (Å²) in [4.78, 5) is 15.2. The molecule has 13 heavy (non-hydrogen) atoms. The number of carbonyl (C=O) groups excluding carboxylic acids is 1. The quantitative estimate of drug-likeness (QED) is 0.548. The molecule has 0 aliphatic carbocycles. The maximum atomic E-state index is 11.1. The summed E-state index contributed by atoms with van der Waals surface area (Å²) in [5.74, 6) is -0.979. The molecule has 1 aromatic heterocycles. The Morgan fingerprint density at radius 3 is 3.08 bits per heavy atom. The second kappa shape index (κ2) is 2.56. The van der Waals surface area contributed by atoms with E-state index in [1.807, 2.05) is 6.07 Å². The van der Waals surface area contributed by atoms with Gasteiger partial charge in [0.15, 0.2) is 11.7 Å². The van der Waals surface area contributed by atoms with E-state index in [4.69, 9.17) is 10.00 Å². The van der Waals surface area contributed by atoms with Gasteiger partial charge in [0, 0.05) is 5.69 Å². The molecule has 1 aromatic rings.